The lowest BCUT2D eigenvalue weighted by molar-refractivity contribution is -0.140. The van der Waals surface area contributed by atoms with Gasteiger partial charge in [-0.1, -0.05) is 49.4 Å². The molecule has 3 rings (SSSR count). The lowest BCUT2D eigenvalue weighted by Crippen LogP contribution is -2.50. The fraction of sp³-hybridized carbons (Fsp3) is 0.417. The maximum Gasteiger partial charge on any atom is 0.243 e. The van der Waals surface area contributed by atoms with Crippen molar-refractivity contribution in [1.82, 2.24) is 10.2 Å². The molecule has 2 amide bonds. The summed E-state index contributed by atoms with van der Waals surface area (Å²) >= 11 is 1.52. The van der Waals surface area contributed by atoms with Gasteiger partial charge >= 0.3 is 0 Å². The number of hydrogen-bond donors (Lipinski definition) is 1. The molecule has 0 aromatic heterocycles. The average molecular weight is 429 g/mol. The summed E-state index contributed by atoms with van der Waals surface area (Å²) in [5.74, 6) is -0.0212. The predicted molar refractivity (Wildman–Crippen MR) is 120 cm³/mol. The van der Waals surface area contributed by atoms with Crippen molar-refractivity contribution in [3.63, 3.8) is 0 Å². The van der Waals surface area contributed by atoms with Crippen molar-refractivity contribution in [2.45, 2.75) is 57.0 Å². The largest absolute Gasteiger partial charge is 0.352 e. The van der Waals surface area contributed by atoms with Gasteiger partial charge < -0.3 is 10.2 Å². The second-order valence-corrected chi connectivity index (χ2v) is 8.85. The molecule has 1 aliphatic heterocycles. The molecule has 0 spiro atoms. The number of thioether (sulfide) groups is 1. The van der Waals surface area contributed by atoms with Crippen LogP contribution in [-0.2, 0) is 16.0 Å². The maximum absolute atomic E-state index is 13.8. The van der Waals surface area contributed by atoms with E-state index in [1.54, 1.807) is 11.0 Å². The highest BCUT2D eigenvalue weighted by Crippen LogP contribution is 2.42. The second kappa shape index (κ2) is 10.6. The van der Waals surface area contributed by atoms with E-state index in [9.17, 15) is 14.0 Å². The van der Waals surface area contributed by atoms with E-state index in [1.165, 1.54) is 29.5 Å². The number of aryl methyl sites for hydroxylation is 1. The summed E-state index contributed by atoms with van der Waals surface area (Å²) in [6.45, 7) is 3.93. The fourth-order valence-corrected chi connectivity index (χ4v) is 5.15. The van der Waals surface area contributed by atoms with Crippen molar-refractivity contribution in [1.29, 1.82) is 0 Å². The molecule has 1 fully saturated rings. The molecule has 4 nitrogen and oxygen atoms in total. The van der Waals surface area contributed by atoms with E-state index in [-0.39, 0.29) is 29.0 Å². The Labute approximate surface area is 182 Å². The lowest BCUT2D eigenvalue weighted by Gasteiger charge is -2.30. The van der Waals surface area contributed by atoms with Gasteiger partial charge in [0, 0.05) is 18.2 Å². The topological polar surface area (TPSA) is 49.4 Å². The Morgan fingerprint density at radius 3 is 2.67 bits per heavy atom. The summed E-state index contributed by atoms with van der Waals surface area (Å²) in [6.07, 6.45) is 2.79. The first kappa shape index (κ1) is 22.3. The van der Waals surface area contributed by atoms with E-state index < -0.39 is 6.04 Å². The number of amides is 2. The fourth-order valence-electron chi connectivity index (χ4n) is 3.71. The van der Waals surface area contributed by atoms with Crippen LogP contribution in [0.2, 0.25) is 0 Å². The van der Waals surface area contributed by atoms with Crippen LogP contribution in [0.5, 0.6) is 0 Å². The summed E-state index contributed by atoms with van der Waals surface area (Å²) in [5.41, 5.74) is 1.96. The first-order valence-corrected chi connectivity index (χ1v) is 11.6. The second-order valence-electron chi connectivity index (χ2n) is 7.74. The molecule has 3 atom stereocenters. The Bertz CT molecular complexity index is 861. The molecular weight excluding hydrogens is 399 g/mol. The van der Waals surface area contributed by atoms with Crippen LogP contribution in [0.1, 0.15) is 49.6 Å². The Hall–Kier alpha value is -2.34. The highest BCUT2D eigenvalue weighted by Gasteiger charge is 2.42. The normalized spacial score (nSPS) is 19.5. The number of nitrogens with zero attached hydrogens (tertiary/aromatic N) is 1. The summed E-state index contributed by atoms with van der Waals surface area (Å²) in [4.78, 5) is 27.6. The van der Waals surface area contributed by atoms with Crippen LogP contribution in [0, 0.1) is 5.82 Å². The van der Waals surface area contributed by atoms with E-state index in [0.29, 0.717) is 18.6 Å². The predicted octanol–water partition coefficient (Wildman–Crippen LogP) is 4.71. The van der Waals surface area contributed by atoms with E-state index in [1.807, 2.05) is 38.1 Å². The number of hydrogen-bond acceptors (Lipinski definition) is 3. The van der Waals surface area contributed by atoms with Gasteiger partial charge in [-0.15, -0.1) is 11.8 Å². The zero-order valence-corrected chi connectivity index (χ0v) is 18.3. The molecule has 1 aliphatic rings. The summed E-state index contributed by atoms with van der Waals surface area (Å²) < 4.78 is 13.8. The zero-order chi connectivity index (χ0) is 21.5. The Morgan fingerprint density at radius 1 is 1.20 bits per heavy atom. The molecule has 0 saturated carbocycles. The van der Waals surface area contributed by atoms with Crippen LogP contribution in [0.15, 0.2) is 54.6 Å². The molecule has 0 aliphatic carbocycles. The highest BCUT2D eigenvalue weighted by molar-refractivity contribution is 7.99. The van der Waals surface area contributed by atoms with Crippen LogP contribution in [-0.4, -0.2) is 34.6 Å². The highest BCUT2D eigenvalue weighted by atomic mass is 32.2. The Kier molecular flexibility index (Phi) is 7.91. The molecular formula is C24H29FN2O2S. The molecule has 0 bridgehead atoms. The van der Waals surface area contributed by atoms with Crippen LogP contribution in [0.4, 0.5) is 4.39 Å². The standard InChI is InChI=1S/C24H29FN2O2S/c1-3-8-22(28)27-21(16-30-24(27)19-11-7-12-20(25)15-19)23(29)26-17(2)13-14-18-9-5-4-6-10-18/h4-7,9-12,15,17,21,24H,3,8,13-14,16H2,1-2H3,(H,26,29)/t17-,21-,24+/m0/s1. The van der Waals surface area contributed by atoms with Gasteiger partial charge in [-0.25, -0.2) is 4.39 Å². The van der Waals surface area contributed by atoms with Gasteiger partial charge in [-0.05, 0) is 49.4 Å². The Balaban J connectivity index is 1.67. The molecule has 160 valence electrons. The van der Waals surface area contributed by atoms with Gasteiger partial charge in [0.25, 0.3) is 0 Å². The Morgan fingerprint density at radius 2 is 1.97 bits per heavy atom. The van der Waals surface area contributed by atoms with Crippen molar-refractivity contribution in [2.75, 3.05) is 5.75 Å². The minimum absolute atomic E-state index is 0.000877. The third kappa shape index (κ3) is 5.63. The number of carbonyl (C=O) groups excluding carboxylic acids is 2. The van der Waals surface area contributed by atoms with Gasteiger partial charge in [0.15, 0.2) is 0 Å². The van der Waals surface area contributed by atoms with Gasteiger partial charge in [-0.2, -0.15) is 0 Å². The average Bonchev–Trinajstić information content (AvgIpc) is 3.19. The zero-order valence-electron chi connectivity index (χ0n) is 17.5. The van der Waals surface area contributed by atoms with Crippen LogP contribution in [0.3, 0.4) is 0 Å². The third-order valence-corrected chi connectivity index (χ3v) is 6.61. The molecule has 2 aromatic carbocycles. The third-order valence-electron chi connectivity index (χ3n) is 5.29. The van der Waals surface area contributed by atoms with Crippen LogP contribution in [0.25, 0.3) is 0 Å². The van der Waals surface area contributed by atoms with Crippen LogP contribution >= 0.6 is 11.8 Å². The van der Waals surface area contributed by atoms with E-state index in [2.05, 4.69) is 17.4 Å². The number of rotatable bonds is 8. The van der Waals surface area contributed by atoms with Crippen LogP contribution < -0.4 is 5.32 Å². The van der Waals surface area contributed by atoms with Crippen molar-refractivity contribution >= 4 is 23.6 Å². The SMILES string of the molecule is CCCC(=O)N1[C@@H](c2cccc(F)c2)SC[C@H]1C(=O)N[C@@H](C)CCc1ccccc1. The van der Waals surface area contributed by atoms with Gasteiger partial charge in [0.2, 0.25) is 11.8 Å². The summed E-state index contributed by atoms with van der Waals surface area (Å²) in [6, 6.07) is 15.9. The molecule has 2 aromatic rings. The van der Waals surface area contributed by atoms with E-state index >= 15 is 0 Å². The number of halogens is 1. The molecule has 0 radical (unpaired) electrons. The van der Waals surface area contributed by atoms with Crippen molar-refractivity contribution in [3.05, 3.63) is 71.5 Å². The first-order valence-electron chi connectivity index (χ1n) is 10.5. The minimum Gasteiger partial charge on any atom is -0.352 e. The summed E-state index contributed by atoms with van der Waals surface area (Å²) in [7, 11) is 0. The maximum atomic E-state index is 13.8. The lowest BCUT2D eigenvalue weighted by atomic mass is 10.1. The molecule has 30 heavy (non-hydrogen) atoms. The van der Waals surface area contributed by atoms with E-state index in [4.69, 9.17) is 0 Å². The molecule has 0 unspecified atom stereocenters. The van der Waals surface area contributed by atoms with Crippen molar-refractivity contribution < 1.29 is 14.0 Å². The van der Waals surface area contributed by atoms with Crippen molar-refractivity contribution in [3.8, 4) is 0 Å². The smallest absolute Gasteiger partial charge is 0.243 e. The van der Waals surface area contributed by atoms with E-state index in [0.717, 1.165) is 18.4 Å². The van der Waals surface area contributed by atoms with Gasteiger partial charge in [-0.3, -0.25) is 9.59 Å². The number of nitrogens with one attached hydrogen (secondary N) is 1. The van der Waals surface area contributed by atoms with Crippen molar-refractivity contribution in [2.24, 2.45) is 0 Å². The van der Waals surface area contributed by atoms with Gasteiger partial charge in [0.05, 0.1) is 0 Å². The molecule has 1 heterocycles. The number of benzene rings is 2. The monoisotopic (exact) mass is 428 g/mol. The molecule has 1 saturated heterocycles. The molecule has 1 N–H and O–H groups in total. The minimum atomic E-state index is -0.540. The quantitative estimate of drug-likeness (QED) is 0.663. The van der Waals surface area contributed by atoms with Gasteiger partial charge in [0.1, 0.15) is 17.2 Å². The summed E-state index contributed by atoms with van der Waals surface area (Å²) in [5, 5.41) is 2.74. The first-order chi connectivity index (χ1) is 14.5. The molecule has 6 heteroatoms. The number of carbonyl (C=O) groups is 2.